The molecule has 2 aromatic rings. The van der Waals surface area contributed by atoms with E-state index in [1.165, 1.54) is 16.7 Å². The van der Waals surface area contributed by atoms with E-state index in [1.807, 2.05) is 35.2 Å². The van der Waals surface area contributed by atoms with Crippen molar-refractivity contribution in [3.8, 4) is 17.3 Å². The van der Waals surface area contributed by atoms with Gasteiger partial charge in [-0.05, 0) is 41.5 Å². The third-order valence-corrected chi connectivity index (χ3v) is 5.30. The van der Waals surface area contributed by atoms with Crippen LogP contribution in [0, 0.1) is 17.4 Å². The molecule has 1 unspecified atom stereocenters. The van der Waals surface area contributed by atoms with Crippen LogP contribution in [0.2, 0.25) is 0 Å². The minimum atomic E-state index is -0.314. The van der Waals surface area contributed by atoms with E-state index in [9.17, 15) is 10.1 Å². The number of hydrogen-bond acceptors (Lipinski definition) is 3. The van der Waals surface area contributed by atoms with Crippen LogP contribution < -0.4 is 4.90 Å². The fraction of sp³-hybridized carbons (Fsp3) is 0.333. The van der Waals surface area contributed by atoms with Crippen molar-refractivity contribution >= 4 is 11.6 Å². The molecule has 2 heterocycles. The Morgan fingerprint density at radius 1 is 1.16 bits per heavy atom. The average molecular weight is 331 g/mol. The molecule has 4 rings (SSSR count). The number of nitrogens with zero attached hydrogens (tertiary/aromatic N) is 3. The summed E-state index contributed by atoms with van der Waals surface area (Å²) in [6.07, 6.45) is 3.82. The van der Waals surface area contributed by atoms with Gasteiger partial charge in [-0.15, -0.1) is 0 Å². The van der Waals surface area contributed by atoms with Gasteiger partial charge in [0, 0.05) is 18.8 Å². The summed E-state index contributed by atoms with van der Waals surface area (Å²) < 4.78 is 0. The molecule has 0 bridgehead atoms. The number of anilines is 1. The predicted octanol–water partition coefficient (Wildman–Crippen LogP) is 3.43. The number of likely N-dealkylation sites (tertiary alicyclic amines) is 1. The molecule has 0 radical (unpaired) electrons. The first-order chi connectivity index (χ1) is 12.2. The van der Waals surface area contributed by atoms with E-state index in [4.69, 9.17) is 0 Å². The van der Waals surface area contributed by atoms with Gasteiger partial charge >= 0.3 is 0 Å². The van der Waals surface area contributed by atoms with Crippen molar-refractivity contribution in [2.24, 2.45) is 5.92 Å². The maximum Gasteiger partial charge on any atom is 0.250 e. The highest BCUT2D eigenvalue weighted by molar-refractivity contribution is 6.00. The van der Waals surface area contributed by atoms with Crippen molar-refractivity contribution in [2.45, 2.75) is 25.8 Å². The van der Waals surface area contributed by atoms with Crippen LogP contribution in [0.4, 0.5) is 5.69 Å². The molecular weight excluding hydrogens is 310 g/mol. The number of nitriles is 1. The number of benzene rings is 2. The van der Waals surface area contributed by atoms with Gasteiger partial charge in [0.15, 0.2) is 6.19 Å². The average Bonchev–Trinajstić information content (AvgIpc) is 3.25. The maximum atomic E-state index is 13.1. The second kappa shape index (κ2) is 6.25. The molecule has 25 heavy (non-hydrogen) atoms. The van der Waals surface area contributed by atoms with Crippen LogP contribution in [0.15, 0.2) is 48.5 Å². The van der Waals surface area contributed by atoms with Gasteiger partial charge in [0.1, 0.15) is 6.04 Å². The van der Waals surface area contributed by atoms with Crippen molar-refractivity contribution in [3.63, 3.8) is 0 Å². The third kappa shape index (κ3) is 2.66. The number of fused-ring (bicyclic) bond motifs is 1. The fourth-order valence-corrected chi connectivity index (χ4v) is 4.12. The van der Waals surface area contributed by atoms with Gasteiger partial charge < -0.3 is 4.90 Å². The van der Waals surface area contributed by atoms with E-state index in [0.717, 1.165) is 18.5 Å². The Hall–Kier alpha value is -2.80. The quantitative estimate of drug-likeness (QED) is 0.792. The van der Waals surface area contributed by atoms with Crippen LogP contribution in [0.1, 0.15) is 18.9 Å². The summed E-state index contributed by atoms with van der Waals surface area (Å²) in [6, 6.07) is 16.2. The van der Waals surface area contributed by atoms with E-state index in [0.29, 0.717) is 19.0 Å². The Bertz CT molecular complexity index is 840. The maximum absolute atomic E-state index is 13.1. The molecule has 2 aromatic carbocycles. The van der Waals surface area contributed by atoms with Gasteiger partial charge in [-0.1, -0.05) is 49.4 Å². The summed E-state index contributed by atoms with van der Waals surface area (Å²) in [7, 11) is 0. The molecule has 0 aliphatic carbocycles. The minimum Gasteiger partial charge on any atom is -0.310 e. The smallest absolute Gasteiger partial charge is 0.250 e. The fourth-order valence-electron chi connectivity index (χ4n) is 4.12. The molecule has 1 fully saturated rings. The molecule has 4 heteroatoms. The largest absolute Gasteiger partial charge is 0.310 e. The van der Waals surface area contributed by atoms with E-state index >= 15 is 0 Å². The summed E-state index contributed by atoms with van der Waals surface area (Å²) in [4.78, 5) is 16.6. The van der Waals surface area contributed by atoms with Crippen LogP contribution in [-0.2, 0) is 11.2 Å². The molecular formula is C21H21N3O. The number of carbonyl (C=O) groups excluding carboxylic acids is 1. The van der Waals surface area contributed by atoms with Gasteiger partial charge in [0.05, 0.1) is 0 Å². The first-order valence-corrected chi connectivity index (χ1v) is 8.84. The van der Waals surface area contributed by atoms with Crippen molar-refractivity contribution < 1.29 is 4.79 Å². The van der Waals surface area contributed by atoms with E-state index < -0.39 is 0 Å². The lowest BCUT2D eigenvalue weighted by molar-refractivity contribution is -0.121. The van der Waals surface area contributed by atoms with Crippen LogP contribution in [0.25, 0.3) is 11.1 Å². The number of carbonyl (C=O) groups is 1. The standard InChI is InChI=1S/C21H21N3O/c1-15-12-20(23(13-15)14-22)21(25)24-11-10-18-17(8-5-9-19(18)24)16-6-3-2-4-7-16/h2-9,15,20H,10-13H2,1H3/t15?,20-/m0/s1. The monoisotopic (exact) mass is 331 g/mol. The lowest BCUT2D eigenvalue weighted by Crippen LogP contribution is -2.43. The molecule has 2 atom stereocenters. The van der Waals surface area contributed by atoms with Gasteiger partial charge in [0.25, 0.3) is 0 Å². The van der Waals surface area contributed by atoms with Gasteiger partial charge in [-0.25, -0.2) is 0 Å². The number of amides is 1. The van der Waals surface area contributed by atoms with E-state index in [-0.39, 0.29) is 11.9 Å². The number of rotatable bonds is 2. The zero-order chi connectivity index (χ0) is 17.4. The minimum absolute atomic E-state index is 0.0647. The highest BCUT2D eigenvalue weighted by Crippen LogP contribution is 2.37. The highest BCUT2D eigenvalue weighted by atomic mass is 16.2. The van der Waals surface area contributed by atoms with Crippen molar-refractivity contribution in [1.29, 1.82) is 5.26 Å². The van der Waals surface area contributed by atoms with Crippen LogP contribution in [-0.4, -0.2) is 29.9 Å². The summed E-state index contributed by atoms with van der Waals surface area (Å²) in [5.41, 5.74) is 4.62. The second-order valence-electron chi connectivity index (χ2n) is 7.02. The zero-order valence-corrected chi connectivity index (χ0v) is 14.4. The lowest BCUT2D eigenvalue weighted by Gasteiger charge is -2.25. The Labute approximate surface area is 148 Å². The molecule has 1 saturated heterocycles. The molecule has 0 N–H and O–H groups in total. The van der Waals surface area contributed by atoms with Crippen LogP contribution in [0.3, 0.4) is 0 Å². The van der Waals surface area contributed by atoms with E-state index in [1.54, 1.807) is 4.90 Å². The SMILES string of the molecule is CC1C[C@@H](C(=O)N2CCc3c(-c4ccccc4)cccc32)N(C#N)C1. The van der Waals surface area contributed by atoms with Gasteiger partial charge in [0.2, 0.25) is 5.91 Å². The molecule has 0 aromatic heterocycles. The Morgan fingerprint density at radius 3 is 2.72 bits per heavy atom. The zero-order valence-electron chi connectivity index (χ0n) is 14.4. The summed E-state index contributed by atoms with van der Waals surface area (Å²) in [5.74, 6) is 0.446. The van der Waals surface area contributed by atoms with Gasteiger partial charge in [-0.3, -0.25) is 9.69 Å². The number of hydrogen-bond donors (Lipinski definition) is 0. The molecule has 0 saturated carbocycles. The molecule has 0 spiro atoms. The van der Waals surface area contributed by atoms with E-state index in [2.05, 4.69) is 31.3 Å². The third-order valence-electron chi connectivity index (χ3n) is 5.30. The Morgan fingerprint density at radius 2 is 1.96 bits per heavy atom. The normalized spacial score (nSPS) is 21.9. The summed E-state index contributed by atoms with van der Waals surface area (Å²) >= 11 is 0. The second-order valence-corrected chi connectivity index (χ2v) is 7.02. The summed E-state index contributed by atoms with van der Waals surface area (Å²) in [5, 5.41) is 9.34. The first-order valence-electron chi connectivity index (χ1n) is 8.84. The van der Waals surface area contributed by atoms with Crippen molar-refractivity contribution in [3.05, 3.63) is 54.1 Å². The Balaban J connectivity index is 1.67. The molecule has 2 aliphatic rings. The Kier molecular flexibility index (Phi) is 3.93. The lowest BCUT2D eigenvalue weighted by atomic mass is 9.98. The van der Waals surface area contributed by atoms with Crippen molar-refractivity contribution in [1.82, 2.24) is 4.90 Å². The predicted molar refractivity (Wildman–Crippen MR) is 97.8 cm³/mol. The van der Waals surface area contributed by atoms with Gasteiger partial charge in [-0.2, -0.15) is 5.26 Å². The van der Waals surface area contributed by atoms with Crippen molar-refractivity contribution in [2.75, 3.05) is 18.0 Å². The topological polar surface area (TPSA) is 47.3 Å². The van der Waals surface area contributed by atoms with Crippen LogP contribution >= 0.6 is 0 Å². The molecule has 2 aliphatic heterocycles. The first kappa shape index (κ1) is 15.7. The van der Waals surface area contributed by atoms with Crippen LogP contribution in [0.5, 0.6) is 0 Å². The summed E-state index contributed by atoms with van der Waals surface area (Å²) in [6.45, 7) is 3.48. The molecule has 1 amide bonds. The highest BCUT2D eigenvalue weighted by Gasteiger charge is 2.39. The molecule has 126 valence electrons. The molecule has 4 nitrogen and oxygen atoms in total.